The summed E-state index contributed by atoms with van der Waals surface area (Å²) < 4.78 is 6.12. The first-order valence-electron chi connectivity index (χ1n) is 10.9. The molecule has 0 radical (unpaired) electrons. The van der Waals surface area contributed by atoms with Crippen LogP contribution in [0, 0.1) is 0 Å². The Balaban J connectivity index is 1.75. The van der Waals surface area contributed by atoms with E-state index in [1.54, 1.807) is 22.3 Å². The molecule has 0 bridgehead atoms. The normalized spacial score (nSPS) is 15.5. The smallest absolute Gasteiger partial charge is 0.242 e. The maximum Gasteiger partial charge on any atom is 0.242 e. The van der Waals surface area contributed by atoms with Gasteiger partial charge < -0.3 is 14.5 Å². The van der Waals surface area contributed by atoms with E-state index in [4.69, 9.17) is 4.74 Å². The van der Waals surface area contributed by atoms with Crippen molar-refractivity contribution in [1.29, 1.82) is 0 Å². The molecular formula is C25H32N2O3S. The SMILES string of the molecule is C=CCN(CC(=O)N1CCc2sccc2[C@@H]1COc1ccc(C(C)C)cc1)C(=O)CC. The van der Waals surface area contributed by atoms with E-state index in [2.05, 4.69) is 44.0 Å². The van der Waals surface area contributed by atoms with E-state index in [1.807, 2.05) is 24.0 Å². The molecule has 1 aliphatic rings. The summed E-state index contributed by atoms with van der Waals surface area (Å²) in [5.74, 6) is 1.18. The summed E-state index contributed by atoms with van der Waals surface area (Å²) in [7, 11) is 0. The topological polar surface area (TPSA) is 49.9 Å². The molecule has 0 saturated heterocycles. The van der Waals surface area contributed by atoms with Crippen LogP contribution < -0.4 is 4.74 Å². The van der Waals surface area contributed by atoms with Crippen LogP contribution in [0.4, 0.5) is 0 Å². The van der Waals surface area contributed by atoms with Gasteiger partial charge in [0.1, 0.15) is 18.9 Å². The highest BCUT2D eigenvalue weighted by Gasteiger charge is 2.33. The van der Waals surface area contributed by atoms with E-state index >= 15 is 0 Å². The van der Waals surface area contributed by atoms with Gasteiger partial charge in [0.2, 0.25) is 11.8 Å². The Morgan fingerprint density at radius 1 is 1.29 bits per heavy atom. The maximum atomic E-state index is 13.2. The van der Waals surface area contributed by atoms with Crippen molar-refractivity contribution in [2.75, 3.05) is 26.2 Å². The number of carbonyl (C=O) groups is 2. The van der Waals surface area contributed by atoms with Gasteiger partial charge >= 0.3 is 0 Å². The van der Waals surface area contributed by atoms with E-state index < -0.39 is 0 Å². The van der Waals surface area contributed by atoms with Gasteiger partial charge in [-0.25, -0.2) is 0 Å². The second kappa shape index (κ2) is 10.6. The summed E-state index contributed by atoms with van der Waals surface area (Å²) in [4.78, 5) is 30.2. The van der Waals surface area contributed by atoms with Crippen molar-refractivity contribution in [3.63, 3.8) is 0 Å². The van der Waals surface area contributed by atoms with Crippen molar-refractivity contribution >= 4 is 23.2 Å². The van der Waals surface area contributed by atoms with Crippen LogP contribution >= 0.6 is 11.3 Å². The lowest BCUT2D eigenvalue weighted by atomic mass is 10.00. The van der Waals surface area contributed by atoms with Crippen LogP contribution in [-0.4, -0.2) is 47.9 Å². The summed E-state index contributed by atoms with van der Waals surface area (Å²) in [6, 6.07) is 10.1. The molecule has 3 rings (SSSR count). The summed E-state index contributed by atoms with van der Waals surface area (Å²) >= 11 is 1.73. The summed E-state index contributed by atoms with van der Waals surface area (Å²) in [6.45, 7) is 11.3. The molecule has 2 amide bonds. The van der Waals surface area contributed by atoms with Crippen molar-refractivity contribution in [1.82, 2.24) is 9.80 Å². The molecule has 1 aliphatic heterocycles. The largest absolute Gasteiger partial charge is 0.491 e. The Morgan fingerprint density at radius 3 is 2.68 bits per heavy atom. The molecule has 5 nitrogen and oxygen atoms in total. The molecule has 0 aliphatic carbocycles. The van der Waals surface area contributed by atoms with Gasteiger partial charge in [-0.1, -0.05) is 39.0 Å². The fourth-order valence-electron chi connectivity index (χ4n) is 3.89. The first kappa shape index (κ1) is 23.1. The van der Waals surface area contributed by atoms with E-state index in [1.165, 1.54) is 10.4 Å². The fraction of sp³-hybridized carbons (Fsp3) is 0.440. The number of thiophene rings is 1. The van der Waals surface area contributed by atoms with Gasteiger partial charge in [0.15, 0.2) is 0 Å². The highest BCUT2D eigenvalue weighted by molar-refractivity contribution is 7.10. The van der Waals surface area contributed by atoms with Crippen molar-refractivity contribution in [3.8, 4) is 5.75 Å². The van der Waals surface area contributed by atoms with Crippen LogP contribution in [0.25, 0.3) is 0 Å². The van der Waals surface area contributed by atoms with Gasteiger partial charge in [-0.2, -0.15) is 0 Å². The molecule has 0 saturated carbocycles. The molecule has 1 aromatic heterocycles. The number of benzene rings is 1. The van der Waals surface area contributed by atoms with Crippen LogP contribution in [0.3, 0.4) is 0 Å². The fourth-order valence-corrected chi connectivity index (χ4v) is 4.82. The van der Waals surface area contributed by atoms with Crippen molar-refractivity contribution in [2.45, 2.75) is 45.6 Å². The van der Waals surface area contributed by atoms with Crippen LogP contribution in [-0.2, 0) is 16.0 Å². The van der Waals surface area contributed by atoms with Crippen LogP contribution in [0.1, 0.15) is 55.2 Å². The van der Waals surface area contributed by atoms with Gasteiger partial charge in [-0.05, 0) is 47.0 Å². The minimum absolute atomic E-state index is 0.0421. The van der Waals surface area contributed by atoms with E-state index in [0.717, 1.165) is 17.7 Å². The van der Waals surface area contributed by atoms with Crippen LogP contribution in [0.15, 0.2) is 48.4 Å². The highest BCUT2D eigenvalue weighted by atomic mass is 32.1. The predicted molar refractivity (Wildman–Crippen MR) is 126 cm³/mol. The monoisotopic (exact) mass is 440 g/mol. The van der Waals surface area contributed by atoms with Crippen molar-refractivity contribution in [2.24, 2.45) is 0 Å². The lowest BCUT2D eigenvalue weighted by molar-refractivity contribution is -0.142. The summed E-state index contributed by atoms with van der Waals surface area (Å²) in [5.41, 5.74) is 2.42. The van der Waals surface area contributed by atoms with Gasteiger partial charge in [0.25, 0.3) is 0 Å². The Labute approximate surface area is 189 Å². The van der Waals surface area contributed by atoms with E-state index in [-0.39, 0.29) is 24.4 Å². The number of carbonyl (C=O) groups excluding carboxylic acids is 2. The van der Waals surface area contributed by atoms with Crippen LogP contribution in [0.2, 0.25) is 0 Å². The number of hydrogen-bond donors (Lipinski definition) is 0. The minimum Gasteiger partial charge on any atom is -0.491 e. The molecule has 31 heavy (non-hydrogen) atoms. The Bertz CT molecular complexity index is 904. The number of amides is 2. The second-order valence-electron chi connectivity index (χ2n) is 8.10. The zero-order chi connectivity index (χ0) is 22.4. The minimum atomic E-state index is -0.158. The maximum absolute atomic E-state index is 13.2. The van der Waals surface area contributed by atoms with Gasteiger partial charge in [-0.15, -0.1) is 17.9 Å². The summed E-state index contributed by atoms with van der Waals surface area (Å²) in [5, 5.41) is 2.08. The molecule has 6 heteroatoms. The standard InChI is InChI=1S/C25H32N2O3S/c1-5-13-26(24(28)6-2)16-25(29)27-14-11-23-21(12-15-31-23)22(27)17-30-20-9-7-19(8-10-20)18(3)4/h5,7-10,12,15,18,22H,1,6,11,13-14,16-17H2,2-4H3/t22-/m0/s1. The Morgan fingerprint density at radius 2 is 2.03 bits per heavy atom. The van der Waals surface area contributed by atoms with Gasteiger partial charge in [0, 0.05) is 24.4 Å². The molecule has 0 N–H and O–H groups in total. The number of rotatable bonds is 9. The highest BCUT2D eigenvalue weighted by Crippen LogP contribution is 2.34. The zero-order valence-electron chi connectivity index (χ0n) is 18.7. The molecule has 0 spiro atoms. The Hall–Kier alpha value is -2.60. The predicted octanol–water partition coefficient (Wildman–Crippen LogP) is 4.80. The molecule has 1 aromatic carbocycles. The number of ether oxygens (including phenoxy) is 1. The average molecular weight is 441 g/mol. The lowest BCUT2D eigenvalue weighted by Crippen LogP contribution is -2.47. The van der Waals surface area contributed by atoms with E-state index in [0.29, 0.717) is 32.0 Å². The third-order valence-corrected chi connectivity index (χ3v) is 6.70. The molecule has 0 fully saturated rings. The quantitative estimate of drug-likeness (QED) is 0.526. The lowest BCUT2D eigenvalue weighted by Gasteiger charge is -2.37. The summed E-state index contributed by atoms with van der Waals surface area (Å²) in [6.07, 6.45) is 2.87. The van der Waals surface area contributed by atoms with Gasteiger partial charge in [0.05, 0.1) is 6.04 Å². The molecule has 2 aromatic rings. The van der Waals surface area contributed by atoms with Crippen LogP contribution in [0.5, 0.6) is 5.75 Å². The molecular weight excluding hydrogens is 408 g/mol. The number of fused-ring (bicyclic) bond motifs is 1. The first-order chi connectivity index (χ1) is 14.9. The zero-order valence-corrected chi connectivity index (χ0v) is 19.5. The van der Waals surface area contributed by atoms with Crippen molar-refractivity contribution in [3.05, 3.63) is 64.4 Å². The molecule has 0 unspecified atom stereocenters. The van der Waals surface area contributed by atoms with Gasteiger partial charge in [-0.3, -0.25) is 9.59 Å². The molecule has 166 valence electrons. The van der Waals surface area contributed by atoms with Crippen molar-refractivity contribution < 1.29 is 14.3 Å². The number of hydrogen-bond acceptors (Lipinski definition) is 4. The second-order valence-corrected chi connectivity index (χ2v) is 9.10. The average Bonchev–Trinajstić information content (AvgIpc) is 3.25. The number of nitrogens with zero attached hydrogens (tertiary/aromatic N) is 2. The first-order valence-corrected chi connectivity index (χ1v) is 11.8. The third kappa shape index (κ3) is 5.56. The Kier molecular flexibility index (Phi) is 7.91. The molecule has 1 atom stereocenters. The van der Waals surface area contributed by atoms with E-state index in [9.17, 15) is 9.59 Å². The molecule has 2 heterocycles. The third-order valence-electron chi connectivity index (χ3n) is 5.70.